The summed E-state index contributed by atoms with van der Waals surface area (Å²) in [6, 6.07) is 9.38. The molecular formula is C68H102O26. The maximum Gasteiger partial charge on any atom is 0.331 e. The number of benzene rings is 1. The van der Waals surface area contributed by atoms with E-state index in [1.165, 1.54) is 20.1 Å². The third-order valence-corrected chi connectivity index (χ3v) is 22.9. The van der Waals surface area contributed by atoms with Crippen molar-refractivity contribution < 1.29 is 127 Å². The third-order valence-electron chi connectivity index (χ3n) is 22.9. The second kappa shape index (κ2) is 29.2. The lowest BCUT2D eigenvalue weighted by atomic mass is 9.43. The van der Waals surface area contributed by atoms with Crippen LogP contribution in [0.2, 0.25) is 0 Å². The van der Waals surface area contributed by atoms with Crippen molar-refractivity contribution in [2.24, 2.45) is 22.7 Å². The Balaban J connectivity index is 0.632. The molecule has 26 nitrogen and oxygen atoms in total. The average molecular weight is 1340 g/mol. The summed E-state index contributed by atoms with van der Waals surface area (Å²) < 4.78 is 93.3. The second-order valence-electron chi connectivity index (χ2n) is 28.6. The first-order valence-corrected chi connectivity index (χ1v) is 33.8. The summed E-state index contributed by atoms with van der Waals surface area (Å²) in [7, 11) is 3.02. The number of fused-ring (bicyclic) bond motifs is 5. The Labute approximate surface area is 549 Å². The fraction of sp³-hybridized carbons (Fsp3) is 0.824. The van der Waals surface area contributed by atoms with E-state index in [1.807, 2.05) is 57.2 Å². The fourth-order valence-corrected chi connectivity index (χ4v) is 17.6. The van der Waals surface area contributed by atoms with Crippen molar-refractivity contribution in [3.63, 3.8) is 0 Å². The number of hydrogen-bond donors (Lipinski definition) is 9. The Kier molecular flexibility index (Phi) is 22.5. The summed E-state index contributed by atoms with van der Waals surface area (Å²) in [5.74, 6) is -1.83. The van der Waals surface area contributed by atoms with Crippen LogP contribution in [-0.4, -0.2) is 256 Å². The molecule has 530 valence electrons. The monoisotopic (exact) mass is 1330 g/mol. The molecule has 4 aliphatic carbocycles. The molecule has 0 aromatic heterocycles. The number of carbonyl (C=O) groups excluding carboxylic acids is 2. The molecule has 26 heteroatoms. The van der Waals surface area contributed by atoms with Gasteiger partial charge in [-0.1, -0.05) is 55.8 Å². The predicted octanol–water partition coefficient (Wildman–Crippen LogP) is 2.52. The fourth-order valence-electron chi connectivity index (χ4n) is 17.6. The van der Waals surface area contributed by atoms with Gasteiger partial charge in [0.2, 0.25) is 0 Å². The quantitative estimate of drug-likeness (QED) is 0.0546. The zero-order valence-corrected chi connectivity index (χ0v) is 55.5. The first-order valence-electron chi connectivity index (χ1n) is 33.8. The van der Waals surface area contributed by atoms with E-state index in [2.05, 4.69) is 6.92 Å². The minimum Gasteiger partial charge on any atom is -0.458 e. The molecule has 0 amide bonds. The van der Waals surface area contributed by atoms with Gasteiger partial charge >= 0.3 is 5.97 Å². The number of methoxy groups -OCH3 is 2. The lowest BCUT2D eigenvalue weighted by Crippen LogP contribution is -2.75. The lowest BCUT2D eigenvalue weighted by molar-refractivity contribution is -0.358. The van der Waals surface area contributed by atoms with Crippen molar-refractivity contribution in [1.29, 1.82) is 0 Å². The highest BCUT2D eigenvalue weighted by molar-refractivity contribution is 5.87. The van der Waals surface area contributed by atoms with E-state index in [0.717, 1.165) is 11.1 Å². The highest BCUT2D eigenvalue weighted by Crippen LogP contribution is 2.70. The number of rotatable bonds is 19. The van der Waals surface area contributed by atoms with E-state index in [9.17, 15) is 55.5 Å². The van der Waals surface area contributed by atoms with Gasteiger partial charge in [-0.05, 0) is 104 Å². The zero-order valence-electron chi connectivity index (χ0n) is 55.5. The summed E-state index contributed by atoms with van der Waals surface area (Å²) in [4.78, 5) is 26.9. The van der Waals surface area contributed by atoms with Gasteiger partial charge in [0.1, 0.15) is 78.0 Å². The van der Waals surface area contributed by atoms with Gasteiger partial charge in [0.05, 0.1) is 73.8 Å². The first-order chi connectivity index (χ1) is 44.6. The van der Waals surface area contributed by atoms with Gasteiger partial charge < -0.3 is 117 Å². The largest absolute Gasteiger partial charge is 0.458 e. The Morgan fingerprint density at radius 2 is 1.09 bits per heavy atom. The Morgan fingerprint density at radius 1 is 0.596 bits per heavy atom. The maximum atomic E-state index is 13.6. The predicted molar refractivity (Wildman–Crippen MR) is 327 cm³/mol. The van der Waals surface area contributed by atoms with E-state index < -0.39 is 206 Å². The number of hydrogen-bond acceptors (Lipinski definition) is 26. The van der Waals surface area contributed by atoms with Crippen LogP contribution in [0.3, 0.4) is 0 Å². The van der Waals surface area contributed by atoms with Gasteiger partial charge in [-0.2, -0.15) is 0 Å². The molecule has 5 unspecified atom stereocenters. The maximum absolute atomic E-state index is 13.6. The lowest BCUT2D eigenvalue weighted by Gasteiger charge is -2.66. The zero-order chi connectivity index (χ0) is 67.5. The van der Waals surface area contributed by atoms with Gasteiger partial charge in [0.15, 0.2) is 37.7 Å². The molecule has 6 aliphatic heterocycles. The van der Waals surface area contributed by atoms with Crippen molar-refractivity contribution in [2.75, 3.05) is 20.8 Å². The highest BCUT2D eigenvalue weighted by atomic mass is 16.8. The SMILES string of the molecule is CO[C@H]1CC(O[C@H]2[C@@H](O)CC(O[C@H]3CC[C@@]4(C)C(=CC[C@]5(O)[C@@H]4C[C@@H](OC(=O)/C=C/c4ccccc4)[C@]4(C)[C@H](C(C)=O)CC[C@@]45O)C3)O[C@@H]2C)O[C@H](C)[C@H]1OC1C[C@@H](O)[C@H](OC2C[C@H](O)[C@H](OC3C[C@H](OC)[C@H](O[C@@H]4O[C@H](CO)[C@@H](O)[C@H](O)[C@H]4O)[C@@H](C)O3)[C@@H](C)O2)[C@@H](C)O1. The molecule has 33 atom stereocenters. The highest BCUT2D eigenvalue weighted by Gasteiger charge is 2.77. The van der Waals surface area contributed by atoms with Crippen LogP contribution in [0.15, 0.2) is 48.1 Å². The van der Waals surface area contributed by atoms with Gasteiger partial charge in [0, 0.05) is 69.7 Å². The summed E-state index contributed by atoms with van der Waals surface area (Å²) in [6.07, 6.45) is -16.2. The normalized spacial score (nSPS) is 49.9. The topological polar surface area (TPSA) is 355 Å². The van der Waals surface area contributed by atoms with Crippen LogP contribution in [0, 0.1) is 22.7 Å². The average Bonchev–Trinajstić information content (AvgIpc) is 1.32. The first kappa shape index (κ1) is 72.2. The minimum atomic E-state index is -1.72. The van der Waals surface area contributed by atoms with Gasteiger partial charge in [0.25, 0.3) is 0 Å². The van der Waals surface area contributed by atoms with Crippen LogP contribution in [0.5, 0.6) is 0 Å². The molecule has 6 heterocycles. The van der Waals surface area contributed by atoms with Gasteiger partial charge in [-0.15, -0.1) is 0 Å². The summed E-state index contributed by atoms with van der Waals surface area (Å²) in [5, 5.41) is 101. The molecule has 0 spiro atoms. The van der Waals surface area contributed by atoms with Crippen molar-refractivity contribution in [1.82, 2.24) is 0 Å². The van der Waals surface area contributed by atoms with Crippen molar-refractivity contribution >= 4 is 17.8 Å². The molecular weight excluding hydrogens is 1230 g/mol. The third kappa shape index (κ3) is 14.0. The number of ether oxygens (including phenoxy) is 15. The van der Waals surface area contributed by atoms with Crippen LogP contribution in [-0.2, 0) is 80.6 Å². The number of esters is 1. The number of carbonyl (C=O) groups is 2. The Morgan fingerprint density at radius 3 is 1.59 bits per heavy atom. The molecule has 1 aromatic carbocycles. The van der Waals surface area contributed by atoms with E-state index >= 15 is 0 Å². The molecule has 10 aliphatic rings. The summed E-state index contributed by atoms with van der Waals surface area (Å²) in [5.41, 5.74) is -3.27. The molecule has 94 heavy (non-hydrogen) atoms. The molecule has 9 fully saturated rings. The van der Waals surface area contributed by atoms with Crippen LogP contribution < -0.4 is 0 Å². The number of aliphatic hydroxyl groups is 9. The number of aliphatic hydroxyl groups excluding tert-OH is 7. The van der Waals surface area contributed by atoms with Gasteiger partial charge in [-0.25, -0.2) is 4.79 Å². The summed E-state index contributed by atoms with van der Waals surface area (Å²) >= 11 is 0. The van der Waals surface area contributed by atoms with E-state index in [-0.39, 0.29) is 63.3 Å². The molecule has 0 radical (unpaired) electrons. The molecule has 9 N–H and O–H groups in total. The smallest absolute Gasteiger partial charge is 0.331 e. The van der Waals surface area contributed by atoms with E-state index in [0.29, 0.717) is 25.7 Å². The Bertz CT molecular complexity index is 2740. The molecule has 11 rings (SSSR count). The van der Waals surface area contributed by atoms with Crippen LogP contribution in [0.25, 0.3) is 6.08 Å². The summed E-state index contributed by atoms with van der Waals surface area (Å²) in [6.45, 7) is 13.6. The Hall–Kier alpha value is -3.08. The van der Waals surface area contributed by atoms with Crippen LogP contribution in [0.1, 0.15) is 138 Å². The van der Waals surface area contributed by atoms with Crippen LogP contribution in [0.4, 0.5) is 0 Å². The molecule has 3 saturated carbocycles. The number of ketones is 1. The van der Waals surface area contributed by atoms with Crippen molar-refractivity contribution in [3.05, 3.63) is 53.6 Å². The molecule has 1 aromatic rings. The van der Waals surface area contributed by atoms with Gasteiger partial charge in [-0.3, -0.25) is 4.79 Å². The standard InChI is InChI=1S/C68H102O26/c1-32(70)41-20-23-68(79)66(41,8)49(89-50(74)17-16-38-14-12-11-13-15-38)30-48-65(7)21-19-40(24-39(65)18-22-67(48,68)78)87-51-25-42(71)60(33(2)82-51)91-54-28-45(80-9)62(36(5)85-54)93-53-27-44(73)59(34(3)84-53)90-52-26-43(72)61(35(4)83-52)92-55-29-46(81-10)63(37(6)86-55)94-64-58(77)57(76)56(75)47(31-69)88-64/h11-18,33-37,40-49,51-64,69,71-73,75-79H,19-31H2,1-10H3/b17-16+/t33-,34-,35-,36-,37-,40+,41+,42+,43+,44-,45+,46+,47-,48-,49-,51?,52?,53?,54?,55?,56-,57+,58-,59-,60-,61-,62-,63-,64+,65+,66+,67+,68-/m1/s1. The number of Topliss-reactive ketones (excluding diaryl/α,β-unsaturated/α-hetero) is 1. The molecule has 6 saturated heterocycles. The van der Waals surface area contributed by atoms with E-state index in [4.69, 9.17) is 71.1 Å². The van der Waals surface area contributed by atoms with Crippen molar-refractivity contribution in [3.8, 4) is 0 Å². The minimum absolute atomic E-state index is 0.0110. The van der Waals surface area contributed by atoms with E-state index in [1.54, 1.807) is 34.0 Å². The molecule has 0 bridgehead atoms. The van der Waals surface area contributed by atoms with Crippen molar-refractivity contribution in [2.45, 2.75) is 310 Å². The van der Waals surface area contributed by atoms with Crippen LogP contribution >= 0.6 is 0 Å². The second-order valence-corrected chi connectivity index (χ2v) is 28.6.